The van der Waals surface area contributed by atoms with Crippen molar-refractivity contribution in [1.82, 2.24) is 9.21 Å². The molecule has 2 heterocycles. The molecule has 1 aromatic carbocycles. The van der Waals surface area contributed by atoms with Crippen LogP contribution in [0.25, 0.3) is 0 Å². The van der Waals surface area contributed by atoms with Crippen LogP contribution >= 0.6 is 0 Å². The second kappa shape index (κ2) is 6.07. The summed E-state index contributed by atoms with van der Waals surface area (Å²) >= 11 is 0. The highest BCUT2D eigenvalue weighted by molar-refractivity contribution is 7.89. The molecule has 0 bridgehead atoms. The summed E-state index contributed by atoms with van der Waals surface area (Å²) in [5.74, 6) is 0.271. The van der Waals surface area contributed by atoms with Gasteiger partial charge in [-0.1, -0.05) is 43.7 Å². The van der Waals surface area contributed by atoms with Crippen LogP contribution in [-0.2, 0) is 10.0 Å². The minimum atomic E-state index is -3.17. The summed E-state index contributed by atoms with van der Waals surface area (Å²) in [4.78, 5) is 2.37. The third kappa shape index (κ3) is 2.87. The molecule has 2 saturated heterocycles. The van der Waals surface area contributed by atoms with E-state index >= 15 is 0 Å². The lowest BCUT2D eigenvalue weighted by molar-refractivity contribution is 0.198. The monoisotopic (exact) mass is 308 g/mol. The Kier molecular flexibility index (Phi) is 4.33. The molecular formula is C16H24N2O2S. The van der Waals surface area contributed by atoms with Gasteiger partial charge in [-0.05, 0) is 24.8 Å². The van der Waals surface area contributed by atoms with Crippen LogP contribution in [0.1, 0.15) is 44.3 Å². The SMILES string of the molecule is CCCCS(=O)(=O)N1CC2CCCN2C1c1ccccc1. The van der Waals surface area contributed by atoms with Gasteiger partial charge < -0.3 is 0 Å². The highest BCUT2D eigenvalue weighted by Crippen LogP contribution is 2.40. The molecule has 2 fully saturated rings. The lowest BCUT2D eigenvalue weighted by Gasteiger charge is -2.29. The van der Waals surface area contributed by atoms with Crippen molar-refractivity contribution < 1.29 is 8.42 Å². The lowest BCUT2D eigenvalue weighted by Crippen LogP contribution is -2.36. The number of fused-ring (bicyclic) bond motifs is 1. The molecule has 2 aliphatic heterocycles. The third-order valence-corrected chi connectivity index (χ3v) is 6.48. The van der Waals surface area contributed by atoms with E-state index in [-0.39, 0.29) is 11.9 Å². The Bertz CT molecular complexity index is 573. The van der Waals surface area contributed by atoms with Gasteiger partial charge in [0.05, 0.1) is 5.75 Å². The predicted octanol–water partition coefficient (Wildman–Crippen LogP) is 2.60. The van der Waals surface area contributed by atoms with Gasteiger partial charge >= 0.3 is 0 Å². The molecule has 0 aliphatic carbocycles. The van der Waals surface area contributed by atoms with E-state index in [9.17, 15) is 8.42 Å². The van der Waals surface area contributed by atoms with Crippen LogP contribution in [0.15, 0.2) is 30.3 Å². The smallest absolute Gasteiger partial charge is 0.215 e. The topological polar surface area (TPSA) is 40.6 Å². The van der Waals surface area contributed by atoms with E-state index in [1.807, 2.05) is 37.3 Å². The van der Waals surface area contributed by atoms with E-state index < -0.39 is 10.0 Å². The van der Waals surface area contributed by atoms with Gasteiger partial charge in [0, 0.05) is 19.1 Å². The first-order valence-electron chi connectivity index (χ1n) is 7.93. The minimum Gasteiger partial charge on any atom is -0.279 e. The number of unbranched alkanes of at least 4 members (excludes halogenated alkanes) is 1. The molecule has 116 valence electrons. The van der Waals surface area contributed by atoms with Gasteiger partial charge in [-0.25, -0.2) is 8.42 Å². The first-order chi connectivity index (χ1) is 10.1. The van der Waals surface area contributed by atoms with Crippen LogP contribution < -0.4 is 0 Å². The zero-order valence-electron chi connectivity index (χ0n) is 12.6. The summed E-state index contributed by atoms with van der Waals surface area (Å²) in [6.07, 6.45) is 3.85. The molecule has 0 N–H and O–H groups in total. The molecule has 4 nitrogen and oxygen atoms in total. The summed E-state index contributed by atoms with van der Waals surface area (Å²) in [7, 11) is -3.17. The number of hydrogen-bond acceptors (Lipinski definition) is 3. The van der Waals surface area contributed by atoms with Crippen molar-refractivity contribution in [1.29, 1.82) is 0 Å². The van der Waals surface area contributed by atoms with Gasteiger partial charge in [0.1, 0.15) is 6.17 Å². The number of hydrogen-bond donors (Lipinski definition) is 0. The van der Waals surface area contributed by atoms with E-state index in [4.69, 9.17) is 0 Å². The third-order valence-electron chi connectivity index (χ3n) is 4.61. The standard InChI is InChI=1S/C16H24N2O2S/c1-2-3-12-21(19,20)18-13-15-10-7-11-17(15)16(18)14-8-5-4-6-9-14/h4-6,8-9,15-16H,2-3,7,10-13H2,1H3. The van der Waals surface area contributed by atoms with E-state index in [2.05, 4.69) is 4.90 Å². The quantitative estimate of drug-likeness (QED) is 0.839. The van der Waals surface area contributed by atoms with Gasteiger partial charge in [0.15, 0.2) is 0 Å². The molecule has 0 saturated carbocycles. The van der Waals surface area contributed by atoms with Crippen LogP contribution in [0.5, 0.6) is 0 Å². The summed E-state index contributed by atoms with van der Waals surface area (Å²) < 4.78 is 27.2. The van der Waals surface area contributed by atoms with Crippen molar-refractivity contribution in [2.75, 3.05) is 18.8 Å². The molecule has 0 spiro atoms. The van der Waals surface area contributed by atoms with Crippen molar-refractivity contribution in [3.8, 4) is 0 Å². The Morgan fingerprint density at radius 3 is 2.71 bits per heavy atom. The molecule has 0 aromatic heterocycles. The van der Waals surface area contributed by atoms with Gasteiger partial charge in [-0.15, -0.1) is 0 Å². The van der Waals surface area contributed by atoms with Crippen molar-refractivity contribution in [3.05, 3.63) is 35.9 Å². The summed E-state index contributed by atoms with van der Waals surface area (Å²) in [6.45, 7) is 3.70. The molecule has 3 rings (SSSR count). The molecule has 2 atom stereocenters. The van der Waals surface area contributed by atoms with Crippen LogP contribution in [-0.4, -0.2) is 42.5 Å². The Balaban J connectivity index is 1.92. The Labute approximate surface area is 127 Å². The molecule has 0 amide bonds. The molecule has 0 radical (unpaired) electrons. The molecule has 2 unspecified atom stereocenters. The summed E-state index contributed by atoms with van der Waals surface area (Å²) in [5, 5.41) is 0. The predicted molar refractivity (Wildman–Crippen MR) is 84.3 cm³/mol. The fraction of sp³-hybridized carbons (Fsp3) is 0.625. The van der Waals surface area contributed by atoms with Gasteiger partial charge in [-0.2, -0.15) is 4.31 Å². The van der Waals surface area contributed by atoms with E-state index in [1.54, 1.807) is 4.31 Å². The number of benzene rings is 1. The average molecular weight is 308 g/mol. The van der Waals surface area contributed by atoms with E-state index in [1.165, 1.54) is 6.42 Å². The fourth-order valence-corrected chi connectivity index (χ4v) is 5.38. The summed E-state index contributed by atoms with van der Waals surface area (Å²) in [5.41, 5.74) is 1.10. The minimum absolute atomic E-state index is 0.0967. The highest BCUT2D eigenvalue weighted by Gasteiger charge is 2.47. The van der Waals surface area contributed by atoms with Crippen LogP contribution in [0.3, 0.4) is 0 Å². The van der Waals surface area contributed by atoms with Crippen LogP contribution in [0, 0.1) is 0 Å². The van der Waals surface area contributed by atoms with E-state index in [0.717, 1.165) is 31.4 Å². The maximum absolute atomic E-state index is 12.7. The number of sulfonamides is 1. The van der Waals surface area contributed by atoms with Crippen LogP contribution in [0.4, 0.5) is 0 Å². The first kappa shape index (κ1) is 15.0. The van der Waals surface area contributed by atoms with Gasteiger partial charge in [0.2, 0.25) is 10.0 Å². The highest BCUT2D eigenvalue weighted by atomic mass is 32.2. The van der Waals surface area contributed by atoms with Crippen molar-refractivity contribution in [3.63, 3.8) is 0 Å². The van der Waals surface area contributed by atoms with Crippen molar-refractivity contribution in [2.24, 2.45) is 0 Å². The van der Waals surface area contributed by atoms with Crippen molar-refractivity contribution in [2.45, 2.75) is 44.8 Å². The Morgan fingerprint density at radius 2 is 2.00 bits per heavy atom. The second-order valence-electron chi connectivity index (χ2n) is 6.06. The normalized spacial score (nSPS) is 27.1. The summed E-state index contributed by atoms with van der Waals surface area (Å²) in [6, 6.07) is 10.5. The first-order valence-corrected chi connectivity index (χ1v) is 9.54. The average Bonchev–Trinajstić information content (AvgIpc) is 3.06. The maximum atomic E-state index is 12.7. The fourth-order valence-electron chi connectivity index (χ4n) is 3.54. The molecule has 2 aliphatic rings. The largest absolute Gasteiger partial charge is 0.279 e. The maximum Gasteiger partial charge on any atom is 0.215 e. The molecule has 1 aromatic rings. The Hall–Kier alpha value is -0.910. The van der Waals surface area contributed by atoms with Gasteiger partial charge in [-0.3, -0.25) is 4.90 Å². The zero-order chi connectivity index (χ0) is 14.9. The molecule has 21 heavy (non-hydrogen) atoms. The van der Waals surface area contributed by atoms with Gasteiger partial charge in [0.25, 0.3) is 0 Å². The lowest BCUT2D eigenvalue weighted by atomic mass is 10.1. The second-order valence-corrected chi connectivity index (χ2v) is 8.10. The zero-order valence-corrected chi connectivity index (χ0v) is 13.4. The molecular weight excluding hydrogens is 284 g/mol. The molecule has 5 heteroatoms. The number of rotatable bonds is 5. The van der Waals surface area contributed by atoms with E-state index in [0.29, 0.717) is 12.6 Å². The number of nitrogens with zero attached hydrogens (tertiary/aromatic N) is 2. The van der Waals surface area contributed by atoms with Crippen LogP contribution in [0.2, 0.25) is 0 Å². The Morgan fingerprint density at radius 1 is 1.24 bits per heavy atom. The van der Waals surface area contributed by atoms with Crippen molar-refractivity contribution >= 4 is 10.0 Å².